The average molecular weight is 209 g/mol. The van der Waals surface area contributed by atoms with Crippen LogP contribution in [0.5, 0.6) is 0 Å². The van der Waals surface area contributed by atoms with Crippen LogP contribution in [-0.4, -0.2) is 5.71 Å². The number of rotatable bonds is 4. The highest BCUT2D eigenvalue weighted by Crippen LogP contribution is 2.11. The van der Waals surface area contributed by atoms with E-state index in [1.807, 2.05) is 33.8 Å². The molecule has 0 aromatic rings. The summed E-state index contributed by atoms with van der Waals surface area (Å²) in [5, 5.41) is 0. The SMILES string of the molecule is C\C=C(C)/N=C(\C=C(F)/C(C)=C\C)CC. The summed E-state index contributed by atoms with van der Waals surface area (Å²) in [6.45, 7) is 9.37. The van der Waals surface area contributed by atoms with E-state index in [1.165, 1.54) is 6.08 Å². The Bertz CT molecular complexity index is 319. The molecule has 0 unspecified atom stereocenters. The van der Waals surface area contributed by atoms with E-state index < -0.39 is 0 Å². The predicted molar refractivity (Wildman–Crippen MR) is 65.8 cm³/mol. The summed E-state index contributed by atoms with van der Waals surface area (Å²) in [7, 11) is 0. The smallest absolute Gasteiger partial charge is 0.127 e. The van der Waals surface area contributed by atoms with Gasteiger partial charge in [0.2, 0.25) is 0 Å². The first-order chi connectivity index (χ1) is 7.04. The first kappa shape index (κ1) is 13.8. The first-order valence-electron chi connectivity index (χ1n) is 5.26. The van der Waals surface area contributed by atoms with E-state index in [4.69, 9.17) is 0 Å². The van der Waals surface area contributed by atoms with Crippen molar-refractivity contribution < 1.29 is 4.39 Å². The summed E-state index contributed by atoms with van der Waals surface area (Å²) in [5.74, 6) is -0.206. The molecule has 0 amide bonds. The van der Waals surface area contributed by atoms with E-state index in [1.54, 1.807) is 13.0 Å². The third kappa shape index (κ3) is 5.31. The van der Waals surface area contributed by atoms with E-state index in [2.05, 4.69) is 4.99 Å². The van der Waals surface area contributed by atoms with Crippen LogP contribution in [0, 0.1) is 0 Å². The number of halogens is 1. The van der Waals surface area contributed by atoms with Crippen LogP contribution in [0.3, 0.4) is 0 Å². The van der Waals surface area contributed by atoms with E-state index in [0.717, 1.165) is 17.8 Å². The molecule has 0 aliphatic rings. The molecule has 1 nitrogen and oxygen atoms in total. The van der Waals surface area contributed by atoms with Crippen LogP contribution in [-0.2, 0) is 0 Å². The average Bonchev–Trinajstić information content (AvgIpc) is 2.26. The van der Waals surface area contributed by atoms with Crippen molar-refractivity contribution in [2.24, 2.45) is 4.99 Å². The van der Waals surface area contributed by atoms with Gasteiger partial charge in [0.05, 0.1) is 0 Å². The fraction of sp³-hybridized carbons (Fsp3) is 0.462. The summed E-state index contributed by atoms with van der Waals surface area (Å²) in [6.07, 6.45) is 5.89. The van der Waals surface area contributed by atoms with Crippen LogP contribution in [0.1, 0.15) is 41.0 Å². The Kier molecular flexibility index (Phi) is 6.59. The summed E-state index contributed by atoms with van der Waals surface area (Å²) >= 11 is 0. The molecular formula is C13H20FN. The number of allylic oxidation sites excluding steroid dienone is 6. The molecule has 0 rings (SSSR count). The molecule has 0 bridgehead atoms. The largest absolute Gasteiger partial charge is 0.258 e. The van der Waals surface area contributed by atoms with Gasteiger partial charge in [0, 0.05) is 11.4 Å². The van der Waals surface area contributed by atoms with Crippen LogP contribution in [0.15, 0.2) is 40.3 Å². The van der Waals surface area contributed by atoms with Gasteiger partial charge in [-0.15, -0.1) is 0 Å². The van der Waals surface area contributed by atoms with Crippen molar-refractivity contribution in [2.45, 2.75) is 41.0 Å². The number of nitrogens with zero attached hydrogens (tertiary/aromatic N) is 1. The number of hydrogen-bond donors (Lipinski definition) is 0. The third-order valence-corrected chi connectivity index (χ3v) is 2.20. The van der Waals surface area contributed by atoms with Crippen LogP contribution >= 0.6 is 0 Å². The van der Waals surface area contributed by atoms with Crippen molar-refractivity contribution in [2.75, 3.05) is 0 Å². The maximum Gasteiger partial charge on any atom is 0.127 e. The van der Waals surface area contributed by atoms with Crippen molar-refractivity contribution in [1.29, 1.82) is 0 Å². The van der Waals surface area contributed by atoms with Gasteiger partial charge >= 0.3 is 0 Å². The van der Waals surface area contributed by atoms with E-state index in [9.17, 15) is 4.39 Å². The minimum absolute atomic E-state index is 0.206. The van der Waals surface area contributed by atoms with E-state index in [0.29, 0.717) is 5.57 Å². The zero-order valence-electron chi connectivity index (χ0n) is 10.3. The third-order valence-electron chi connectivity index (χ3n) is 2.20. The van der Waals surface area contributed by atoms with Crippen molar-refractivity contribution in [1.82, 2.24) is 0 Å². The summed E-state index contributed by atoms with van der Waals surface area (Å²) < 4.78 is 13.5. The molecule has 84 valence electrons. The van der Waals surface area contributed by atoms with E-state index >= 15 is 0 Å². The normalized spacial score (nSPS) is 15.9. The topological polar surface area (TPSA) is 12.4 Å². The van der Waals surface area contributed by atoms with E-state index in [-0.39, 0.29) is 5.83 Å². The Balaban J connectivity index is 4.95. The minimum atomic E-state index is -0.206. The summed E-state index contributed by atoms with van der Waals surface area (Å²) in [4.78, 5) is 4.30. The van der Waals surface area contributed by atoms with Gasteiger partial charge in [-0.1, -0.05) is 19.1 Å². The van der Waals surface area contributed by atoms with Gasteiger partial charge < -0.3 is 0 Å². The highest BCUT2D eigenvalue weighted by Gasteiger charge is 1.99. The number of hydrogen-bond acceptors (Lipinski definition) is 1. The molecule has 0 aliphatic carbocycles. The van der Waals surface area contributed by atoms with Crippen LogP contribution < -0.4 is 0 Å². The molecule has 0 saturated heterocycles. The molecule has 0 radical (unpaired) electrons. The summed E-state index contributed by atoms with van der Waals surface area (Å²) in [6, 6.07) is 0. The van der Waals surface area contributed by atoms with Gasteiger partial charge in [0.15, 0.2) is 0 Å². The monoisotopic (exact) mass is 209 g/mol. The Morgan fingerprint density at radius 2 is 1.80 bits per heavy atom. The predicted octanol–water partition coefficient (Wildman–Crippen LogP) is 4.58. The molecule has 0 aliphatic heterocycles. The fourth-order valence-corrected chi connectivity index (χ4v) is 0.902. The molecule has 0 atom stereocenters. The Labute approximate surface area is 92.1 Å². The lowest BCUT2D eigenvalue weighted by atomic mass is 10.2. The highest BCUT2D eigenvalue weighted by molar-refractivity contribution is 5.96. The zero-order chi connectivity index (χ0) is 11.8. The molecule has 15 heavy (non-hydrogen) atoms. The van der Waals surface area contributed by atoms with Crippen molar-refractivity contribution in [3.05, 3.63) is 35.3 Å². The minimum Gasteiger partial charge on any atom is -0.258 e. The van der Waals surface area contributed by atoms with Crippen LogP contribution in [0.25, 0.3) is 0 Å². The Morgan fingerprint density at radius 1 is 1.20 bits per heavy atom. The standard InChI is InChI=1S/C13H20FN/c1-6-10(4)13(14)9-12(8-3)15-11(5)7-2/h6-7,9H,8H2,1-5H3/b10-6-,11-7-,13-9+,15-12-. The lowest BCUT2D eigenvalue weighted by Crippen LogP contribution is -1.93. The molecule has 0 N–H and O–H groups in total. The molecule has 2 heteroatoms. The molecule has 0 saturated carbocycles. The number of aliphatic imine (C=N–C) groups is 1. The second-order valence-electron chi connectivity index (χ2n) is 3.35. The lowest BCUT2D eigenvalue weighted by Gasteiger charge is -2.00. The first-order valence-corrected chi connectivity index (χ1v) is 5.26. The van der Waals surface area contributed by atoms with Crippen LogP contribution in [0.4, 0.5) is 4.39 Å². The maximum atomic E-state index is 13.5. The molecule has 0 fully saturated rings. The molecule has 0 aromatic heterocycles. The quantitative estimate of drug-likeness (QED) is 0.474. The van der Waals surface area contributed by atoms with Gasteiger partial charge in [-0.05, 0) is 45.8 Å². The van der Waals surface area contributed by atoms with Gasteiger partial charge in [0.1, 0.15) is 5.83 Å². The fourth-order valence-electron chi connectivity index (χ4n) is 0.902. The second kappa shape index (κ2) is 7.16. The van der Waals surface area contributed by atoms with Crippen LogP contribution in [0.2, 0.25) is 0 Å². The molecule has 0 aromatic carbocycles. The second-order valence-corrected chi connectivity index (χ2v) is 3.35. The maximum absolute atomic E-state index is 13.5. The van der Waals surface area contributed by atoms with Crippen molar-refractivity contribution >= 4 is 5.71 Å². The van der Waals surface area contributed by atoms with Gasteiger partial charge in [-0.2, -0.15) is 0 Å². The molecule has 0 heterocycles. The lowest BCUT2D eigenvalue weighted by molar-refractivity contribution is 0.652. The zero-order valence-corrected chi connectivity index (χ0v) is 10.3. The molecule has 0 spiro atoms. The van der Waals surface area contributed by atoms with Crippen molar-refractivity contribution in [3.8, 4) is 0 Å². The highest BCUT2D eigenvalue weighted by atomic mass is 19.1. The van der Waals surface area contributed by atoms with Gasteiger partial charge in [0.25, 0.3) is 0 Å². The molecular weight excluding hydrogens is 189 g/mol. The van der Waals surface area contributed by atoms with Crippen molar-refractivity contribution in [3.63, 3.8) is 0 Å². The van der Waals surface area contributed by atoms with Gasteiger partial charge in [-0.3, -0.25) is 4.99 Å². The summed E-state index contributed by atoms with van der Waals surface area (Å²) in [5.41, 5.74) is 2.33. The Hall–Kier alpha value is -1.18. The Morgan fingerprint density at radius 3 is 2.20 bits per heavy atom. The van der Waals surface area contributed by atoms with Gasteiger partial charge in [-0.25, -0.2) is 4.39 Å².